The number of ketones is 1. The second-order valence-corrected chi connectivity index (χ2v) is 6.95. The molecule has 0 N–H and O–H groups in total. The number of carbonyl (C=O) groups is 1. The van der Waals surface area contributed by atoms with Crippen LogP contribution in [-0.4, -0.2) is 15.7 Å². The highest BCUT2D eigenvalue weighted by molar-refractivity contribution is 7.85. The molecule has 0 saturated heterocycles. The van der Waals surface area contributed by atoms with Crippen LogP contribution in [0.2, 0.25) is 0 Å². The Bertz CT molecular complexity index is 677. The number of hydrogen-bond acceptors (Lipinski definition) is 2. The van der Waals surface area contributed by atoms with Crippen LogP contribution in [0.25, 0.3) is 0 Å². The monoisotopic (exact) mass is 300 g/mol. The van der Waals surface area contributed by atoms with E-state index in [4.69, 9.17) is 0 Å². The van der Waals surface area contributed by atoms with Crippen LogP contribution in [0.1, 0.15) is 32.6 Å². The summed E-state index contributed by atoms with van der Waals surface area (Å²) in [4.78, 5) is 13.2. The van der Waals surface area contributed by atoms with Gasteiger partial charge in [0, 0.05) is 10.5 Å². The summed E-state index contributed by atoms with van der Waals surface area (Å²) in [7, 11) is -1.29. The highest BCUT2D eigenvalue weighted by atomic mass is 32.2. The van der Waals surface area contributed by atoms with Gasteiger partial charge in [-0.15, -0.1) is 0 Å². The first-order chi connectivity index (χ1) is 9.88. The minimum Gasteiger partial charge on any atom is -0.293 e. The lowest BCUT2D eigenvalue weighted by Gasteiger charge is -2.10. The van der Waals surface area contributed by atoms with E-state index in [9.17, 15) is 9.00 Å². The van der Waals surface area contributed by atoms with Gasteiger partial charge in [0.2, 0.25) is 0 Å². The largest absolute Gasteiger partial charge is 0.293 e. The van der Waals surface area contributed by atoms with Gasteiger partial charge in [-0.25, -0.2) is 0 Å². The molecule has 1 atom stereocenters. The number of aryl methyl sites for hydroxylation is 4. The van der Waals surface area contributed by atoms with Crippen molar-refractivity contribution < 1.29 is 9.00 Å². The molecule has 0 radical (unpaired) electrons. The lowest BCUT2D eigenvalue weighted by Crippen LogP contribution is -2.14. The molecule has 0 fully saturated rings. The highest BCUT2D eigenvalue weighted by Gasteiger charge is 2.16. The van der Waals surface area contributed by atoms with Crippen LogP contribution in [0.5, 0.6) is 0 Å². The van der Waals surface area contributed by atoms with Crippen LogP contribution in [0.3, 0.4) is 0 Å². The summed E-state index contributed by atoms with van der Waals surface area (Å²) in [5, 5.41) is 0. The van der Waals surface area contributed by atoms with Gasteiger partial charge in [-0.3, -0.25) is 9.00 Å². The number of benzene rings is 2. The second kappa shape index (κ2) is 6.35. The molecular formula is C18H20O2S. The molecule has 0 amide bonds. The van der Waals surface area contributed by atoms with Gasteiger partial charge in [0.25, 0.3) is 0 Å². The Morgan fingerprint density at radius 1 is 0.905 bits per heavy atom. The molecule has 2 rings (SSSR count). The third kappa shape index (κ3) is 3.67. The zero-order chi connectivity index (χ0) is 15.6. The maximum Gasteiger partial charge on any atom is 0.176 e. The van der Waals surface area contributed by atoms with Crippen molar-refractivity contribution in [2.45, 2.75) is 32.6 Å². The molecule has 3 heteroatoms. The Kier molecular flexibility index (Phi) is 4.73. The normalized spacial score (nSPS) is 12.2. The number of rotatable bonds is 4. The van der Waals surface area contributed by atoms with Crippen LogP contribution in [0, 0.1) is 27.7 Å². The molecule has 110 valence electrons. The molecule has 2 aromatic rings. The van der Waals surface area contributed by atoms with Crippen LogP contribution in [0.15, 0.2) is 41.3 Å². The SMILES string of the molecule is Cc1ccc([S@](=O)CC(=O)c2c(C)cc(C)cc2C)cc1. The van der Waals surface area contributed by atoms with Gasteiger partial charge in [0.15, 0.2) is 5.78 Å². The highest BCUT2D eigenvalue weighted by Crippen LogP contribution is 2.18. The van der Waals surface area contributed by atoms with Crippen LogP contribution >= 0.6 is 0 Å². The van der Waals surface area contributed by atoms with Crippen molar-refractivity contribution in [1.82, 2.24) is 0 Å². The third-order valence-corrected chi connectivity index (χ3v) is 4.82. The summed E-state index contributed by atoms with van der Waals surface area (Å²) in [5.74, 6) is -0.0164. The number of carbonyl (C=O) groups excluding carboxylic acids is 1. The molecule has 0 aliphatic rings. The van der Waals surface area contributed by atoms with Gasteiger partial charge >= 0.3 is 0 Å². The van der Waals surface area contributed by atoms with Crippen molar-refractivity contribution in [3.63, 3.8) is 0 Å². The topological polar surface area (TPSA) is 34.1 Å². The van der Waals surface area contributed by atoms with E-state index in [1.54, 1.807) is 0 Å². The van der Waals surface area contributed by atoms with Crippen molar-refractivity contribution in [3.8, 4) is 0 Å². The predicted molar refractivity (Wildman–Crippen MR) is 87.4 cm³/mol. The first-order valence-corrected chi connectivity index (χ1v) is 8.26. The maximum absolute atomic E-state index is 12.5. The Morgan fingerprint density at radius 2 is 1.43 bits per heavy atom. The van der Waals surface area contributed by atoms with E-state index in [2.05, 4.69) is 0 Å². The zero-order valence-corrected chi connectivity index (χ0v) is 13.7. The average Bonchev–Trinajstić information content (AvgIpc) is 2.37. The van der Waals surface area contributed by atoms with E-state index >= 15 is 0 Å². The van der Waals surface area contributed by atoms with E-state index in [-0.39, 0.29) is 11.5 Å². The molecule has 2 nitrogen and oxygen atoms in total. The summed E-state index contributed by atoms with van der Waals surface area (Å²) in [5.41, 5.74) is 4.88. The molecule has 0 saturated carbocycles. The predicted octanol–water partition coefficient (Wildman–Crippen LogP) is 3.91. The molecule has 21 heavy (non-hydrogen) atoms. The maximum atomic E-state index is 12.5. The van der Waals surface area contributed by atoms with Gasteiger partial charge in [0.05, 0.1) is 16.6 Å². The average molecular weight is 300 g/mol. The Balaban J connectivity index is 2.22. The third-order valence-electron chi connectivity index (χ3n) is 3.50. The summed E-state index contributed by atoms with van der Waals surface area (Å²) >= 11 is 0. The van der Waals surface area contributed by atoms with Crippen LogP contribution in [0.4, 0.5) is 0 Å². The lowest BCUT2D eigenvalue weighted by atomic mass is 9.97. The first-order valence-electron chi connectivity index (χ1n) is 6.94. The van der Waals surface area contributed by atoms with E-state index in [1.807, 2.05) is 64.1 Å². The van der Waals surface area contributed by atoms with E-state index in [0.29, 0.717) is 10.5 Å². The summed E-state index contributed by atoms with van der Waals surface area (Å²) in [6.45, 7) is 7.86. The Hall–Kier alpha value is -1.74. The number of hydrogen-bond donors (Lipinski definition) is 0. The molecule has 0 bridgehead atoms. The van der Waals surface area contributed by atoms with Gasteiger partial charge in [0.1, 0.15) is 0 Å². The molecule has 0 aromatic heterocycles. The van der Waals surface area contributed by atoms with Gasteiger partial charge in [-0.1, -0.05) is 35.4 Å². The molecule has 0 unspecified atom stereocenters. The smallest absolute Gasteiger partial charge is 0.176 e. The fraction of sp³-hybridized carbons (Fsp3) is 0.278. The quantitative estimate of drug-likeness (QED) is 0.802. The number of Topliss-reactive ketones (excluding diaryl/α,β-unsaturated/α-hetero) is 1. The van der Waals surface area contributed by atoms with E-state index in [1.165, 1.54) is 0 Å². The fourth-order valence-electron chi connectivity index (χ4n) is 2.58. The van der Waals surface area contributed by atoms with E-state index in [0.717, 1.165) is 22.3 Å². The Morgan fingerprint density at radius 3 is 1.95 bits per heavy atom. The van der Waals surface area contributed by atoms with Crippen molar-refractivity contribution in [1.29, 1.82) is 0 Å². The van der Waals surface area contributed by atoms with Gasteiger partial charge in [-0.05, 0) is 51.0 Å². The molecular weight excluding hydrogens is 280 g/mol. The molecule has 0 aliphatic carbocycles. The Labute approximate surface area is 128 Å². The molecule has 2 aromatic carbocycles. The van der Waals surface area contributed by atoms with Crippen molar-refractivity contribution >= 4 is 16.6 Å². The van der Waals surface area contributed by atoms with E-state index < -0.39 is 10.8 Å². The van der Waals surface area contributed by atoms with Gasteiger partial charge < -0.3 is 0 Å². The summed E-state index contributed by atoms with van der Waals surface area (Å²) in [6, 6.07) is 11.5. The van der Waals surface area contributed by atoms with Crippen LogP contribution < -0.4 is 0 Å². The molecule has 0 aliphatic heterocycles. The summed E-state index contributed by atoms with van der Waals surface area (Å²) < 4.78 is 12.3. The minimum absolute atomic E-state index is 0.0355. The molecule has 0 heterocycles. The van der Waals surface area contributed by atoms with Crippen molar-refractivity contribution in [2.24, 2.45) is 0 Å². The minimum atomic E-state index is -1.29. The lowest BCUT2D eigenvalue weighted by molar-refractivity contribution is 0.102. The van der Waals surface area contributed by atoms with Crippen molar-refractivity contribution in [2.75, 3.05) is 5.75 Å². The zero-order valence-electron chi connectivity index (χ0n) is 12.9. The fourth-order valence-corrected chi connectivity index (χ4v) is 3.57. The van der Waals surface area contributed by atoms with Gasteiger partial charge in [-0.2, -0.15) is 0 Å². The second-order valence-electron chi connectivity index (χ2n) is 5.50. The molecule has 0 spiro atoms. The van der Waals surface area contributed by atoms with Crippen molar-refractivity contribution in [3.05, 3.63) is 64.2 Å². The standard InChI is InChI=1S/C18H20O2S/c1-12-5-7-16(8-6-12)21(20)11-17(19)18-14(3)9-13(2)10-15(18)4/h5-10H,11H2,1-4H3/t21-/m1/s1. The van der Waals surface area contributed by atoms with Crippen LogP contribution in [-0.2, 0) is 10.8 Å². The summed E-state index contributed by atoms with van der Waals surface area (Å²) in [6.07, 6.45) is 0. The first kappa shape index (κ1) is 15.6.